The van der Waals surface area contributed by atoms with Crippen LogP contribution >= 0.6 is 11.8 Å². The SMILES string of the molecule is CCC1CCCCN1C(=O)CSc1nnc(-c2ccncc2)n1CCOC. The lowest BCUT2D eigenvalue weighted by atomic mass is 10.0. The number of likely N-dealkylation sites (tertiary alicyclic amines) is 1. The molecule has 1 atom stereocenters. The lowest BCUT2D eigenvalue weighted by Crippen LogP contribution is -2.44. The molecule has 1 amide bonds. The van der Waals surface area contributed by atoms with E-state index in [4.69, 9.17) is 4.74 Å². The molecule has 3 rings (SSSR count). The summed E-state index contributed by atoms with van der Waals surface area (Å²) in [6, 6.07) is 4.20. The molecule has 0 radical (unpaired) electrons. The van der Waals surface area contributed by atoms with E-state index < -0.39 is 0 Å². The van der Waals surface area contributed by atoms with Crippen molar-refractivity contribution in [2.45, 2.75) is 50.4 Å². The zero-order chi connectivity index (χ0) is 19.1. The van der Waals surface area contributed by atoms with E-state index in [1.165, 1.54) is 18.2 Å². The van der Waals surface area contributed by atoms with Crippen molar-refractivity contribution in [1.29, 1.82) is 0 Å². The smallest absolute Gasteiger partial charge is 0.233 e. The van der Waals surface area contributed by atoms with Crippen molar-refractivity contribution in [2.75, 3.05) is 26.0 Å². The first-order valence-electron chi connectivity index (χ1n) is 9.49. The first-order chi connectivity index (χ1) is 13.2. The molecule has 0 N–H and O–H groups in total. The Hall–Kier alpha value is -1.93. The van der Waals surface area contributed by atoms with Crippen LogP contribution in [0.5, 0.6) is 0 Å². The van der Waals surface area contributed by atoms with Gasteiger partial charge in [0.05, 0.1) is 18.9 Å². The molecule has 1 saturated heterocycles. The average molecular weight is 390 g/mol. The van der Waals surface area contributed by atoms with Crippen LogP contribution in [0, 0.1) is 0 Å². The molecule has 1 fully saturated rings. The fourth-order valence-electron chi connectivity index (χ4n) is 3.46. The van der Waals surface area contributed by atoms with Gasteiger partial charge in [0.15, 0.2) is 11.0 Å². The summed E-state index contributed by atoms with van der Waals surface area (Å²) in [6.45, 7) is 4.23. The fraction of sp³-hybridized carbons (Fsp3) is 0.579. The highest BCUT2D eigenvalue weighted by Crippen LogP contribution is 2.25. The number of thioether (sulfide) groups is 1. The summed E-state index contributed by atoms with van der Waals surface area (Å²) in [7, 11) is 1.67. The maximum absolute atomic E-state index is 12.8. The van der Waals surface area contributed by atoms with E-state index in [0.29, 0.717) is 24.9 Å². The predicted octanol–water partition coefficient (Wildman–Crippen LogP) is 2.87. The second-order valence-electron chi connectivity index (χ2n) is 6.62. The quantitative estimate of drug-likeness (QED) is 0.647. The summed E-state index contributed by atoms with van der Waals surface area (Å²) in [5.41, 5.74) is 0.953. The minimum Gasteiger partial charge on any atom is -0.383 e. The number of methoxy groups -OCH3 is 1. The number of carbonyl (C=O) groups is 1. The number of piperidine rings is 1. The Bertz CT molecular complexity index is 737. The highest BCUT2D eigenvalue weighted by Gasteiger charge is 2.26. The van der Waals surface area contributed by atoms with E-state index in [9.17, 15) is 4.79 Å². The first-order valence-corrected chi connectivity index (χ1v) is 10.5. The van der Waals surface area contributed by atoms with Crippen molar-refractivity contribution < 1.29 is 9.53 Å². The van der Waals surface area contributed by atoms with Crippen LogP contribution in [0.4, 0.5) is 0 Å². The maximum Gasteiger partial charge on any atom is 0.233 e. The van der Waals surface area contributed by atoms with Crippen molar-refractivity contribution in [1.82, 2.24) is 24.6 Å². The minimum absolute atomic E-state index is 0.193. The lowest BCUT2D eigenvalue weighted by Gasteiger charge is -2.35. The number of rotatable bonds is 8. The molecular formula is C19H27N5O2S. The molecular weight excluding hydrogens is 362 g/mol. The van der Waals surface area contributed by atoms with Crippen molar-refractivity contribution in [2.24, 2.45) is 0 Å². The predicted molar refractivity (Wildman–Crippen MR) is 105 cm³/mol. The lowest BCUT2D eigenvalue weighted by molar-refractivity contribution is -0.132. The van der Waals surface area contributed by atoms with Gasteiger partial charge in [-0.1, -0.05) is 18.7 Å². The number of pyridine rings is 1. The summed E-state index contributed by atoms with van der Waals surface area (Å²) >= 11 is 1.45. The number of hydrogen-bond donors (Lipinski definition) is 0. The van der Waals surface area contributed by atoms with Gasteiger partial charge in [0.2, 0.25) is 5.91 Å². The molecule has 0 aliphatic carbocycles. The van der Waals surface area contributed by atoms with E-state index in [2.05, 4.69) is 27.0 Å². The zero-order valence-electron chi connectivity index (χ0n) is 16.0. The molecule has 2 aromatic rings. The van der Waals surface area contributed by atoms with E-state index in [0.717, 1.165) is 42.4 Å². The molecule has 1 unspecified atom stereocenters. The standard InChI is InChI=1S/C19H27N5O2S/c1-3-16-6-4-5-11-23(16)17(25)14-27-19-22-21-18(24(19)12-13-26-2)15-7-9-20-10-8-15/h7-10,16H,3-6,11-14H2,1-2H3. The van der Waals surface area contributed by atoms with E-state index in [1.54, 1.807) is 19.5 Å². The van der Waals surface area contributed by atoms with Gasteiger partial charge < -0.3 is 9.64 Å². The van der Waals surface area contributed by atoms with E-state index in [1.807, 2.05) is 16.7 Å². The number of hydrogen-bond acceptors (Lipinski definition) is 6. The highest BCUT2D eigenvalue weighted by molar-refractivity contribution is 7.99. The Morgan fingerprint density at radius 1 is 1.30 bits per heavy atom. The molecule has 8 heteroatoms. The molecule has 0 aromatic carbocycles. The van der Waals surface area contributed by atoms with Crippen LogP contribution in [-0.4, -0.2) is 62.6 Å². The van der Waals surface area contributed by atoms with Gasteiger partial charge in [0.25, 0.3) is 0 Å². The van der Waals surface area contributed by atoms with Gasteiger partial charge in [-0.3, -0.25) is 14.3 Å². The minimum atomic E-state index is 0.193. The van der Waals surface area contributed by atoms with Crippen molar-refractivity contribution in [3.05, 3.63) is 24.5 Å². The molecule has 0 saturated carbocycles. The third kappa shape index (κ3) is 4.87. The number of amides is 1. The van der Waals surface area contributed by atoms with Crippen LogP contribution in [-0.2, 0) is 16.1 Å². The second kappa shape index (κ2) is 9.85. The monoisotopic (exact) mass is 389 g/mol. The first kappa shape index (κ1) is 19.8. The molecule has 2 aromatic heterocycles. The van der Waals surface area contributed by atoms with Gasteiger partial charge in [-0.05, 0) is 37.8 Å². The molecule has 1 aliphatic rings. The Morgan fingerprint density at radius 3 is 2.85 bits per heavy atom. The van der Waals surface area contributed by atoms with Crippen LogP contribution < -0.4 is 0 Å². The molecule has 7 nitrogen and oxygen atoms in total. The number of aromatic nitrogens is 4. The number of ether oxygens (including phenoxy) is 1. The van der Waals surface area contributed by atoms with E-state index in [-0.39, 0.29) is 5.91 Å². The van der Waals surface area contributed by atoms with Gasteiger partial charge in [0.1, 0.15) is 0 Å². The molecule has 27 heavy (non-hydrogen) atoms. The Labute approximate surface area is 164 Å². The summed E-state index contributed by atoms with van der Waals surface area (Å²) < 4.78 is 7.26. The van der Waals surface area contributed by atoms with Crippen LogP contribution in [0.25, 0.3) is 11.4 Å². The van der Waals surface area contributed by atoms with Gasteiger partial charge in [-0.2, -0.15) is 0 Å². The summed E-state index contributed by atoms with van der Waals surface area (Å²) in [5.74, 6) is 1.35. The molecule has 3 heterocycles. The molecule has 0 bridgehead atoms. The van der Waals surface area contributed by atoms with Crippen molar-refractivity contribution >= 4 is 17.7 Å². The highest BCUT2D eigenvalue weighted by atomic mass is 32.2. The van der Waals surface area contributed by atoms with Gasteiger partial charge >= 0.3 is 0 Å². The van der Waals surface area contributed by atoms with Crippen LogP contribution in [0.15, 0.2) is 29.7 Å². The topological polar surface area (TPSA) is 73.1 Å². The van der Waals surface area contributed by atoms with Crippen LogP contribution in [0.3, 0.4) is 0 Å². The Balaban J connectivity index is 1.72. The fourth-order valence-corrected chi connectivity index (χ4v) is 4.31. The molecule has 146 valence electrons. The Kier molecular flexibility index (Phi) is 7.23. The van der Waals surface area contributed by atoms with Crippen molar-refractivity contribution in [3.63, 3.8) is 0 Å². The third-order valence-electron chi connectivity index (χ3n) is 4.92. The van der Waals surface area contributed by atoms with Crippen LogP contribution in [0.2, 0.25) is 0 Å². The maximum atomic E-state index is 12.8. The van der Waals surface area contributed by atoms with Gasteiger partial charge in [-0.15, -0.1) is 10.2 Å². The third-order valence-corrected chi connectivity index (χ3v) is 5.87. The Morgan fingerprint density at radius 2 is 2.11 bits per heavy atom. The number of carbonyl (C=O) groups excluding carboxylic acids is 1. The number of nitrogens with zero attached hydrogens (tertiary/aromatic N) is 5. The zero-order valence-corrected chi connectivity index (χ0v) is 16.8. The van der Waals surface area contributed by atoms with Crippen LogP contribution in [0.1, 0.15) is 32.6 Å². The normalized spacial score (nSPS) is 17.3. The van der Waals surface area contributed by atoms with Gasteiger partial charge in [-0.25, -0.2) is 0 Å². The summed E-state index contributed by atoms with van der Waals surface area (Å²) in [5, 5.41) is 9.42. The summed E-state index contributed by atoms with van der Waals surface area (Å²) in [4.78, 5) is 18.9. The summed E-state index contributed by atoms with van der Waals surface area (Å²) in [6.07, 6.45) is 7.93. The molecule has 0 spiro atoms. The van der Waals surface area contributed by atoms with Gasteiger partial charge in [0, 0.05) is 37.7 Å². The van der Waals surface area contributed by atoms with E-state index >= 15 is 0 Å². The van der Waals surface area contributed by atoms with Crippen molar-refractivity contribution in [3.8, 4) is 11.4 Å². The average Bonchev–Trinajstić information content (AvgIpc) is 3.13. The largest absolute Gasteiger partial charge is 0.383 e. The second-order valence-corrected chi connectivity index (χ2v) is 7.56. The molecule has 1 aliphatic heterocycles.